The van der Waals surface area contributed by atoms with Gasteiger partial charge >= 0.3 is 0 Å². The lowest BCUT2D eigenvalue weighted by Crippen LogP contribution is -2.97. The van der Waals surface area contributed by atoms with Crippen LogP contribution in [-0.2, 0) is 12.8 Å². The molecule has 2 rings (SSSR count). The minimum atomic E-state index is -0.533. The van der Waals surface area contributed by atoms with E-state index < -0.39 is 6.10 Å². The summed E-state index contributed by atoms with van der Waals surface area (Å²) in [6, 6.07) is 6.21. The normalized spacial score (nSPS) is 16.0. The summed E-state index contributed by atoms with van der Waals surface area (Å²) in [7, 11) is 0. The monoisotopic (exact) mass is 280 g/mol. The molecule has 0 amide bonds. The Balaban J connectivity index is 1.77. The second-order valence-corrected chi connectivity index (χ2v) is 6.34. The number of rotatable bonds is 7. The van der Waals surface area contributed by atoms with E-state index in [-0.39, 0.29) is 18.8 Å². The van der Waals surface area contributed by atoms with E-state index in [4.69, 9.17) is 9.84 Å². The molecular weight excluding hydrogens is 254 g/mol. The highest BCUT2D eigenvalue weighted by atomic mass is 16.5. The van der Waals surface area contributed by atoms with Gasteiger partial charge in [0.2, 0.25) is 0 Å². The van der Waals surface area contributed by atoms with Crippen LogP contribution in [0.15, 0.2) is 18.2 Å². The molecule has 0 saturated heterocycles. The van der Waals surface area contributed by atoms with E-state index in [1.165, 1.54) is 24.0 Å². The number of ether oxygens (including phenoxy) is 1. The molecule has 1 atom stereocenters. The Morgan fingerprint density at radius 3 is 2.80 bits per heavy atom. The standard InChI is InChI=1S/C16H25NO3/c1-16(2,11-18)17-9-14(19)10-20-15-7-6-12-4-3-5-13(12)8-15/h6-8,14,17-19H,3-5,9-11H2,1-2H3/p+1/t14-/m0/s1. The lowest BCUT2D eigenvalue weighted by molar-refractivity contribution is -0.727. The molecule has 1 aromatic rings. The summed E-state index contributed by atoms with van der Waals surface area (Å²) >= 11 is 0. The van der Waals surface area contributed by atoms with E-state index in [1.807, 2.05) is 25.2 Å². The van der Waals surface area contributed by atoms with Crippen LogP contribution in [0.1, 0.15) is 31.4 Å². The van der Waals surface area contributed by atoms with E-state index in [1.54, 1.807) is 0 Å². The van der Waals surface area contributed by atoms with Gasteiger partial charge in [0.05, 0.1) is 6.61 Å². The van der Waals surface area contributed by atoms with E-state index in [0.717, 1.165) is 12.2 Å². The van der Waals surface area contributed by atoms with Gasteiger partial charge < -0.3 is 20.3 Å². The van der Waals surface area contributed by atoms with Gasteiger partial charge in [0, 0.05) is 0 Å². The Labute approximate surface area is 120 Å². The van der Waals surface area contributed by atoms with Crippen LogP contribution in [0, 0.1) is 0 Å². The molecule has 0 aliphatic heterocycles. The summed E-state index contributed by atoms with van der Waals surface area (Å²) < 4.78 is 5.66. The second-order valence-electron chi connectivity index (χ2n) is 6.34. The fourth-order valence-corrected chi connectivity index (χ4v) is 2.42. The lowest BCUT2D eigenvalue weighted by Gasteiger charge is -2.21. The number of benzene rings is 1. The van der Waals surface area contributed by atoms with E-state index in [2.05, 4.69) is 12.1 Å². The zero-order valence-electron chi connectivity index (χ0n) is 12.4. The van der Waals surface area contributed by atoms with E-state index >= 15 is 0 Å². The van der Waals surface area contributed by atoms with Gasteiger partial charge in [0.15, 0.2) is 0 Å². The summed E-state index contributed by atoms with van der Waals surface area (Å²) in [5, 5.41) is 21.0. The molecule has 4 N–H and O–H groups in total. The van der Waals surface area contributed by atoms with Crippen LogP contribution in [0.3, 0.4) is 0 Å². The van der Waals surface area contributed by atoms with Crippen LogP contribution in [-0.4, -0.2) is 41.6 Å². The Hall–Kier alpha value is -1.10. The third-order valence-electron chi connectivity index (χ3n) is 3.86. The number of fused-ring (bicyclic) bond motifs is 1. The van der Waals surface area contributed by atoms with Gasteiger partial charge in [-0.2, -0.15) is 0 Å². The summed E-state index contributed by atoms with van der Waals surface area (Å²) in [5.74, 6) is 0.839. The summed E-state index contributed by atoms with van der Waals surface area (Å²) in [6.07, 6.45) is 3.00. The molecule has 0 unspecified atom stereocenters. The Kier molecular flexibility index (Phi) is 5.02. The molecule has 1 aliphatic rings. The Morgan fingerprint density at radius 2 is 2.05 bits per heavy atom. The van der Waals surface area contributed by atoms with Gasteiger partial charge in [-0.05, 0) is 56.4 Å². The molecule has 20 heavy (non-hydrogen) atoms. The minimum absolute atomic E-state index is 0.0887. The smallest absolute Gasteiger partial charge is 0.137 e. The van der Waals surface area contributed by atoms with Crippen molar-refractivity contribution < 1.29 is 20.3 Å². The molecule has 0 radical (unpaired) electrons. The van der Waals surface area contributed by atoms with Crippen LogP contribution >= 0.6 is 0 Å². The highest BCUT2D eigenvalue weighted by Crippen LogP contribution is 2.25. The van der Waals surface area contributed by atoms with Crippen molar-refractivity contribution in [2.24, 2.45) is 0 Å². The van der Waals surface area contributed by atoms with Gasteiger partial charge in [-0.25, -0.2) is 0 Å². The zero-order valence-corrected chi connectivity index (χ0v) is 12.4. The molecular formula is C16H26NO3+. The molecule has 112 valence electrons. The number of hydrogen-bond donors (Lipinski definition) is 3. The average Bonchev–Trinajstić information content (AvgIpc) is 2.90. The number of hydrogen-bond acceptors (Lipinski definition) is 3. The molecule has 1 aliphatic carbocycles. The topological polar surface area (TPSA) is 66.3 Å². The van der Waals surface area contributed by atoms with E-state index in [0.29, 0.717) is 6.54 Å². The number of nitrogens with two attached hydrogens (primary N) is 1. The van der Waals surface area contributed by atoms with Crippen molar-refractivity contribution in [3.63, 3.8) is 0 Å². The van der Waals surface area contributed by atoms with Crippen molar-refractivity contribution in [3.8, 4) is 5.75 Å². The minimum Gasteiger partial charge on any atom is -0.491 e. The van der Waals surface area contributed by atoms with Gasteiger partial charge in [-0.3, -0.25) is 0 Å². The molecule has 1 aromatic carbocycles. The van der Waals surface area contributed by atoms with Crippen molar-refractivity contribution >= 4 is 0 Å². The predicted molar refractivity (Wildman–Crippen MR) is 77.9 cm³/mol. The number of aliphatic hydroxyl groups excluding tert-OH is 2. The summed E-state index contributed by atoms with van der Waals surface area (Å²) in [5.41, 5.74) is 2.55. The fraction of sp³-hybridized carbons (Fsp3) is 0.625. The third-order valence-corrected chi connectivity index (χ3v) is 3.86. The highest BCUT2D eigenvalue weighted by Gasteiger charge is 2.21. The van der Waals surface area contributed by atoms with Crippen LogP contribution in [0.25, 0.3) is 0 Å². The SMILES string of the molecule is CC(C)(CO)[NH2+]C[C@H](O)COc1ccc2c(c1)CCC2. The largest absolute Gasteiger partial charge is 0.491 e. The van der Waals surface area contributed by atoms with Crippen molar-refractivity contribution in [1.29, 1.82) is 0 Å². The van der Waals surface area contributed by atoms with Crippen molar-refractivity contribution in [3.05, 3.63) is 29.3 Å². The lowest BCUT2D eigenvalue weighted by atomic mass is 10.1. The van der Waals surface area contributed by atoms with Crippen molar-refractivity contribution in [2.75, 3.05) is 19.8 Å². The molecule has 0 aromatic heterocycles. The third kappa shape index (κ3) is 4.20. The molecule has 0 fully saturated rings. The first-order valence-electron chi connectivity index (χ1n) is 7.38. The number of aliphatic hydroxyl groups is 2. The summed E-state index contributed by atoms with van der Waals surface area (Å²) in [4.78, 5) is 0. The van der Waals surface area contributed by atoms with Crippen LogP contribution in [0.2, 0.25) is 0 Å². The predicted octanol–water partition coefficient (Wildman–Crippen LogP) is 0.249. The first kappa shape index (κ1) is 15.3. The number of aryl methyl sites for hydroxylation is 2. The van der Waals surface area contributed by atoms with Crippen LogP contribution in [0.4, 0.5) is 0 Å². The summed E-state index contributed by atoms with van der Waals surface area (Å²) in [6.45, 7) is 4.79. The molecule has 0 spiro atoms. The fourth-order valence-electron chi connectivity index (χ4n) is 2.42. The molecule has 0 saturated carbocycles. The van der Waals surface area contributed by atoms with Gasteiger partial charge in [-0.1, -0.05) is 6.07 Å². The van der Waals surface area contributed by atoms with Gasteiger partial charge in [0.25, 0.3) is 0 Å². The average molecular weight is 280 g/mol. The quantitative estimate of drug-likeness (QED) is 0.671. The zero-order chi connectivity index (χ0) is 14.6. The van der Waals surface area contributed by atoms with Crippen molar-refractivity contribution in [2.45, 2.75) is 44.8 Å². The van der Waals surface area contributed by atoms with Crippen LogP contribution in [0.5, 0.6) is 5.75 Å². The first-order valence-corrected chi connectivity index (χ1v) is 7.38. The first-order chi connectivity index (χ1) is 9.50. The molecule has 4 nitrogen and oxygen atoms in total. The Morgan fingerprint density at radius 1 is 1.30 bits per heavy atom. The maximum atomic E-state index is 9.92. The Bertz CT molecular complexity index is 445. The highest BCUT2D eigenvalue weighted by molar-refractivity contribution is 5.38. The van der Waals surface area contributed by atoms with Gasteiger partial charge in [0.1, 0.15) is 30.5 Å². The molecule has 0 heterocycles. The van der Waals surface area contributed by atoms with E-state index in [9.17, 15) is 5.11 Å². The maximum Gasteiger partial charge on any atom is 0.137 e. The number of quaternary nitrogens is 1. The van der Waals surface area contributed by atoms with Crippen LogP contribution < -0.4 is 10.1 Å². The maximum absolute atomic E-state index is 9.92. The molecule has 4 heteroatoms. The van der Waals surface area contributed by atoms with Gasteiger partial charge in [-0.15, -0.1) is 0 Å². The molecule has 0 bridgehead atoms. The second kappa shape index (κ2) is 6.57. The van der Waals surface area contributed by atoms with Crippen molar-refractivity contribution in [1.82, 2.24) is 0 Å².